The lowest BCUT2D eigenvalue weighted by atomic mass is 10.0. The maximum absolute atomic E-state index is 10.4. The molecule has 0 bridgehead atoms. The van der Waals surface area contributed by atoms with Crippen LogP contribution in [0, 0.1) is 0 Å². The van der Waals surface area contributed by atoms with Crippen molar-refractivity contribution in [3.63, 3.8) is 0 Å². The second-order valence-electron chi connectivity index (χ2n) is 4.82. The molecule has 1 unspecified atom stereocenters. The number of aliphatic hydroxyl groups is 1. The molecule has 0 saturated carbocycles. The fourth-order valence-corrected chi connectivity index (χ4v) is 1.54. The van der Waals surface area contributed by atoms with Gasteiger partial charge in [-0.2, -0.15) is 0 Å². The fraction of sp³-hybridized carbons (Fsp3) is 0.533. The summed E-state index contributed by atoms with van der Waals surface area (Å²) in [6.07, 6.45) is 6.05. The monoisotopic (exact) mass is 252 g/mol. The highest BCUT2D eigenvalue weighted by Gasteiger charge is 2.04. The Bertz CT molecular complexity index is 351. The topological polar surface area (TPSA) is 57.5 Å². The summed E-state index contributed by atoms with van der Waals surface area (Å²) < 4.78 is 0. The van der Waals surface area contributed by atoms with Gasteiger partial charge < -0.3 is 10.2 Å². The van der Waals surface area contributed by atoms with Crippen molar-refractivity contribution < 1.29 is 15.0 Å². The summed E-state index contributed by atoms with van der Waals surface area (Å²) in [5.41, 5.74) is 2.88. The van der Waals surface area contributed by atoms with Gasteiger partial charge in [-0.25, -0.2) is 4.79 Å². The molecule has 0 aromatic heterocycles. The van der Waals surface area contributed by atoms with Crippen LogP contribution in [0.4, 0.5) is 0 Å². The molecule has 0 saturated heterocycles. The van der Waals surface area contributed by atoms with Crippen molar-refractivity contribution in [1.29, 1.82) is 0 Å². The van der Waals surface area contributed by atoms with E-state index >= 15 is 0 Å². The smallest absolute Gasteiger partial charge is 0.328 e. The van der Waals surface area contributed by atoms with Crippen LogP contribution in [-0.4, -0.2) is 22.3 Å². The average Bonchev–Trinajstić information content (AvgIpc) is 2.24. The molecule has 3 heteroatoms. The van der Waals surface area contributed by atoms with Gasteiger partial charge in [0.05, 0.1) is 6.10 Å². The average molecular weight is 252 g/mol. The summed E-state index contributed by atoms with van der Waals surface area (Å²) in [4.78, 5) is 10.4. The van der Waals surface area contributed by atoms with Crippen molar-refractivity contribution in [1.82, 2.24) is 0 Å². The second kappa shape index (κ2) is 8.70. The number of carboxylic acid groups (broad SMARTS) is 1. The van der Waals surface area contributed by atoms with Crippen molar-refractivity contribution in [2.45, 2.75) is 52.6 Å². The summed E-state index contributed by atoms with van der Waals surface area (Å²) in [7, 11) is 0. The zero-order valence-electron chi connectivity index (χ0n) is 11.6. The standard InChI is InChI=1S/C15H24O3/c1-11(2)14(16)9-8-12(3)6-5-7-13(4)10-15(17)18/h6,10,14,16H,1,5,7-9H2,2-4H3,(H,17,18)/b12-6+,13-10+. The first-order valence-corrected chi connectivity index (χ1v) is 6.22. The Morgan fingerprint density at radius 2 is 1.83 bits per heavy atom. The van der Waals surface area contributed by atoms with Crippen LogP contribution in [0.1, 0.15) is 46.5 Å². The number of rotatable bonds is 8. The van der Waals surface area contributed by atoms with E-state index in [2.05, 4.69) is 12.7 Å². The van der Waals surface area contributed by atoms with E-state index in [9.17, 15) is 9.90 Å². The van der Waals surface area contributed by atoms with Crippen LogP contribution < -0.4 is 0 Å². The Morgan fingerprint density at radius 1 is 1.22 bits per heavy atom. The molecular formula is C15H24O3. The third kappa shape index (κ3) is 8.76. The summed E-state index contributed by atoms with van der Waals surface area (Å²) in [5.74, 6) is -0.891. The van der Waals surface area contributed by atoms with E-state index in [-0.39, 0.29) is 0 Å². The van der Waals surface area contributed by atoms with Gasteiger partial charge in [-0.15, -0.1) is 0 Å². The minimum Gasteiger partial charge on any atom is -0.478 e. The van der Waals surface area contributed by atoms with Crippen LogP contribution in [0.15, 0.2) is 35.5 Å². The van der Waals surface area contributed by atoms with Gasteiger partial charge in [-0.1, -0.05) is 29.4 Å². The molecule has 2 N–H and O–H groups in total. The number of allylic oxidation sites excluding steroid dienone is 3. The zero-order chi connectivity index (χ0) is 14.1. The lowest BCUT2D eigenvalue weighted by Gasteiger charge is -2.09. The largest absolute Gasteiger partial charge is 0.478 e. The number of aliphatic hydroxyl groups excluding tert-OH is 1. The van der Waals surface area contributed by atoms with Crippen LogP contribution in [0.5, 0.6) is 0 Å². The van der Waals surface area contributed by atoms with Gasteiger partial charge in [-0.3, -0.25) is 0 Å². The van der Waals surface area contributed by atoms with Crippen molar-refractivity contribution in [2.24, 2.45) is 0 Å². The van der Waals surface area contributed by atoms with E-state index in [1.807, 2.05) is 20.8 Å². The van der Waals surface area contributed by atoms with E-state index in [4.69, 9.17) is 5.11 Å². The van der Waals surface area contributed by atoms with Crippen molar-refractivity contribution in [3.05, 3.63) is 35.5 Å². The first kappa shape index (κ1) is 16.6. The summed E-state index contributed by atoms with van der Waals surface area (Å²) in [6.45, 7) is 9.39. The van der Waals surface area contributed by atoms with E-state index in [0.717, 1.165) is 30.4 Å². The van der Waals surface area contributed by atoms with E-state index in [1.165, 1.54) is 11.6 Å². The van der Waals surface area contributed by atoms with Crippen LogP contribution >= 0.6 is 0 Å². The Hall–Kier alpha value is -1.35. The Balaban J connectivity index is 3.98. The number of carboxylic acids is 1. The molecule has 0 fully saturated rings. The molecule has 0 aromatic rings. The van der Waals surface area contributed by atoms with E-state index in [1.54, 1.807) is 0 Å². The van der Waals surface area contributed by atoms with Gasteiger partial charge in [0.15, 0.2) is 0 Å². The van der Waals surface area contributed by atoms with Crippen LogP contribution in [0.2, 0.25) is 0 Å². The molecule has 0 aliphatic rings. The summed E-state index contributed by atoms with van der Waals surface area (Å²) in [6, 6.07) is 0. The lowest BCUT2D eigenvalue weighted by Crippen LogP contribution is -2.06. The normalized spacial score (nSPS) is 14.4. The van der Waals surface area contributed by atoms with Gasteiger partial charge in [-0.05, 0) is 46.5 Å². The van der Waals surface area contributed by atoms with E-state index in [0.29, 0.717) is 6.42 Å². The second-order valence-corrected chi connectivity index (χ2v) is 4.82. The van der Waals surface area contributed by atoms with Crippen LogP contribution in [-0.2, 0) is 4.79 Å². The number of carbonyl (C=O) groups is 1. The van der Waals surface area contributed by atoms with Gasteiger partial charge in [0.1, 0.15) is 0 Å². The molecule has 18 heavy (non-hydrogen) atoms. The van der Waals surface area contributed by atoms with E-state index < -0.39 is 12.1 Å². The maximum Gasteiger partial charge on any atom is 0.328 e. The maximum atomic E-state index is 10.4. The summed E-state index contributed by atoms with van der Waals surface area (Å²) >= 11 is 0. The zero-order valence-corrected chi connectivity index (χ0v) is 11.6. The molecule has 0 aliphatic carbocycles. The molecule has 0 aliphatic heterocycles. The molecule has 0 heterocycles. The molecule has 0 amide bonds. The predicted molar refractivity (Wildman–Crippen MR) is 74.4 cm³/mol. The Labute approximate surface area is 110 Å². The molecule has 1 atom stereocenters. The fourth-order valence-electron chi connectivity index (χ4n) is 1.54. The van der Waals surface area contributed by atoms with Crippen molar-refractivity contribution >= 4 is 5.97 Å². The third-order valence-electron chi connectivity index (χ3n) is 2.78. The minimum absolute atomic E-state index is 0.429. The van der Waals surface area contributed by atoms with Crippen LogP contribution in [0.3, 0.4) is 0 Å². The Kier molecular flexibility index (Phi) is 8.05. The predicted octanol–water partition coefficient (Wildman–Crippen LogP) is 3.46. The van der Waals surface area contributed by atoms with Crippen molar-refractivity contribution in [3.8, 4) is 0 Å². The molecule has 0 aromatic carbocycles. The number of hydrogen-bond acceptors (Lipinski definition) is 2. The molecular weight excluding hydrogens is 228 g/mol. The first-order chi connectivity index (χ1) is 8.32. The highest BCUT2D eigenvalue weighted by atomic mass is 16.4. The Morgan fingerprint density at radius 3 is 2.33 bits per heavy atom. The highest BCUT2D eigenvalue weighted by Crippen LogP contribution is 2.13. The lowest BCUT2D eigenvalue weighted by molar-refractivity contribution is -0.131. The van der Waals surface area contributed by atoms with Gasteiger partial charge in [0.2, 0.25) is 0 Å². The molecule has 0 rings (SSSR count). The molecule has 0 spiro atoms. The summed E-state index contributed by atoms with van der Waals surface area (Å²) in [5, 5.41) is 18.1. The first-order valence-electron chi connectivity index (χ1n) is 6.22. The van der Waals surface area contributed by atoms with Crippen molar-refractivity contribution in [2.75, 3.05) is 0 Å². The SMILES string of the molecule is C=C(C)C(O)CC/C(C)=C/CC/C(C)=C/C(=O)O. The molecule has 3 nitrogen and oxygen atoms in total. The molecule has 102 valence electrons. The number of hydrogen-bond donors (Lipinski definition) is 2. The quantitative estimate of drug-likeness (QED) is 0.514. The minimum atomic E-state index is -0.891. The number of aliphatic carboxylic acids is 1. The van der Waals surface area contributed by atoms with Gasteiger partial charge >= 0.3 is 5.97 Å². The van der Waals surface area contributed by atoms with Gasteiger partial charge in [0.25, 0.3) is 0 Å². The van der Waals surface area contributed by atoms with Crippen LogP contribution in [0.25, 0.3) is 0 Å². The van der Waals surface area contributed by atoms with Gasteiger partial charge in [0, 0.05) is 6.08 Å². The third-order valence-corrected chi connectivity index (χ3v) is 2.78. The molecule has 0 radical (unpaired) electrons. The highest BCUT2D eigenvalue weighted by molar-refractivity contribution is 5.80.